The van der Waals surface area contributed by atoms with E-state index in [0.29, 0.717) is 0 Å². The van der Waals surface area contributed by atoms with E-state index >= 15 is 0 Å². The first-order valence-corrected chi connectivity index (χ1v) is 14.7. The number of nitrogens with zero attached hydrogens (tertiary/aromatic N) is 2. The molecule has 7 heteroatoms. The summed E-state index contributed by atoms with van der Waals surface area (Å²) in [6.07, 6.45) is 0.0233. The molecule has 0 aromatic carbocycles. The summed E-state index contributed by atoms with van der Waals surface area (Å²) >= 11 is -4.28. The van der Waals surface area contributed by atoms with Crippen LogP contribution in [0.5, 0.6) is 0 Å². The van der Waals surface area contributed by atoms with E-state index in [-0.39, 0.29) is 22.9 Å². The van der Waals surface area contributed by atoms with Crippen LogP contribution in [0.4, 0.5) is 0 Å². The minimum absolute atomic E-state index is 0.0233. The predicted molar refractivity (Wildman–Crippen MR) is 106 cm³/mol. The summed E-state index contributed by atoms with van der Waals surface area (Å²) in [6.45, 7) is 24.6. The van der Waals surface area contributed by atoms with Crippen molar-refractivity contribution in [1.82, 2.24) is 9.80 Å². The van der Waals surface area contributed by atoms with E-state index in [4.69, 9.17) is 12.3 Å². The van der Waals surface area contributed by atoms with Gasteiger partial charge in [-0.15, -0.1) is 0 Å². The molecule has 2 saturated heterocycles. The van der Waals surface area contributed by atoms with Crippen LogP contribution in [0, 0.1) is 0 Å². The third kappa shape index (κ3) is 6.29. The zero-order valence-corrected chi connectivity index (χ0v) is 21.2. The average Bonchev–Trinajstić information content (AvgIpc) is 2.39. The van der Waals surface area contributed by atoms with Crippen LogP contribution in [0.1, 0.15) is 62.3 Å². The fourth-order valence-corrected chi connectivity index (χ4v) is 12.8. The maximum atomic E-state index is 6.67. The van der Waals surface area contributed by atoms with Crippen LogP contribution in [-0.2, 0) is 12.3 Å². The van der Waals surface area contributed by atoms with Crippen molar-refractivity contribution in [2.45, 2.75) is 85.2 Å². The van der Waals surface area contributed by atoms with Crippen LogP contribution in [0.2, 0.25) is 0 Å². The summed E-state index contributed by atoms with van der Waals surface area (Å²) in [4.78, 5) is 4.76. The molecule has 0 aliphatic carbocycles. The number of hydrogen-bond acceptors (Lipinski definition) is 6. The van der Waals surface area contributed by atoms with E-state index in [0.717, 1.165) is 39.3 Å². The van der Waals surface area contributed by atoms with Gasteiger partial charge in [0.15, 0.2) is 0 Å². The van der Waals surface area contributed by atoms with Crippen molar-refractivity contribution in [2.24, 2.45) is 0 Å². The van der Waals surface area contributed by atoms with Gasteiger partial charge in [-0.3, -0.25) is 0 Å². The van der Waals surface area contributed by atoms with Crippen molar-refractivity contribution in [2.75, 3.05) is 39.3 Å². The van der Waals surface area contributed by atoms with E-state index in [1.54, 1.807) is 0 Å². The molecule has 6 nitrogen and oxygen atoms in total. The van der Waals surface area contributed by atoms with Crippen LogP contribution in [0.15, 0.2) is 0 Å². The van der Waals surface area contributed by atoms with Gasteiger partial charge < -0.3 is 0 Å². The zero-order chi connectivity index (χ0) is 19.8. The van der Waals surface area contributed by atoms with E-state index in [2.05, 4.69) is 72.1 Å². The quantitative estimate of drug-likeness (QED) is 0.568. The molecule has 0 saturated carbocycles. The van der Waals surface area contributed by atoms with Crippen molar-refractivity contribution in [3.05, 3.63) is 0 Å². The normalized spacial score (nSPS) is 32.4. The molecule has 0 amide bonds. The van der Waals surface area contributed by atoms with Crippen LogP contribution >= 0.6 is 0 Å². The van der Waals surface area contributed by atoms with Gasteiger partial charge in [0.25, 0.3) is 0 Å². The molecule has 0 aromatic heterocycles. The molecular formula is C19H40N2O4Sn. The summed E-state index contributed by atoms with van der Waals surface area (Å²) in [6, 6.07) is 0. The summed E-state index contributed by atoms with van der Waals surface area (Å²) in [5, 5.41) is 0. The second-order valence-electron chi connectivity index (χ2n) is 9.64. The van der Waals surface area contributed by atoms with Gasteiger partial charge >= 0.3 is 167 Å². The van der Waals surface area contributed by atoms with Gasteiger partial charge in [-0.1, -0.05) is 0 Å². The van der Waals surface area contributed by atoms with Crippen LogP contribution in [0.25, 0.3) is 0 Å². The van der Waals surface area contributed by atoms with Crippen LogP contribution in [-0.4, -0.2) is 92.0 Å². The van der Waals surface area contributed by atoms with Gasteiger partial charge in [0, 0.05) is 0 Å². The Hall–Kier alpha value is 0.559. The average molecular weight is 479 g/mol. The Balaban J connectivity index is 2.38. The molecule has 1 unspecified atom stereocenters. The van der Waals surface area contributed by atoms with Gasteiger partial charge in [-0.05, 0) is 0 Å². The first kappa shape index (κ1) is 22.8. The molecule has 2 aliphatic rings. The van der Waals surface area contributed by atoms with E-state index in [1.807, 2.05) is 0 Å². The van der Waals surface area contributed by atoms with Crippen molar-refractivity contribution >= 4 is 20.0 Å². The van der Waals surface area contributed by atoms with Gasteiger partial charge in [0.1, 0.15) is 0 Å². The second kappa shape index (κ2) is 8.12. The number of hydrogen-bond donors (Lipinski definition) is 0. The fraction of sp³-hybridized carbons (Fsp3) is 1.00. The molecule has 26 heavy (non-hydrogen) atoms. The third-order valence-electron chi connectivity index (χ3n) is 4.77. The number of likely N-dealkylation sites (N-methyl/N-ethyl adjacent to an activating group) is 2. The topological polar surface area (TPSA) is 43.4 Å². The Labute approximate surface area is 166 Å². The first-order chi connectivity index (χ1) is 11.8. The van der Waals surface area contributed by atoms with Gasteiger partial charge in [0.2, 0.25) is 0 Å². The first-order valence-electron chi connectivity index (χ1n) is 10.0. The molecule has 2 fully saturated rings. The van der Waals surface area contributed by atoms with Crippen molar-refractivity contribution in [1.29, 1.82) is 0 Å². The van der Waals surface area contributed by atoms with E-state index in [9.17, 15) is 0 Å². The second-order valence-corrected chi connectivity index (χ2v) is 14.9. The molecule has 0 bridgehead atoms. The molecule has 2 heterocycles. The molecule has 154 valence electrons. The summed E-state index contributed by atoms with van der Waals surface area (Å²) in [7, 11) is 0. The van der Waals surface area contributed by atoms with Crippen molar-refractivity contribution < 1.29 is 12.3 Å². The molecule has 2 rings (SSSR count). The maximum absolute atomic E-state index is 6.67. The Bertz CT molecular complexity index is 448. The summed E-state index contributed by atoms with van der Waals surface area (Å²) in [5.74, 6) is 0. The van der Waals surface area contributed by atoms with Gasteiger partial charge in [-0.25, -0.2) is 0 Å². The molecular weight excluding hydrogens is 439 g/mol. The van der Waals surface area contributed by atoms with Crippen molar-refractivity contribution in [3.63, 3.8) is 0 Å². The molecule has 1 spiro atoms. The monoisotopic (exact) mass is 480 g/mol. The number of rotatable bonds is 2. The Kier molecular flexibility index (Phi) is 7.14. The zero-order valence-electron chi connectivity index (χ0n) is 18.3. The molecule has 1 atom stereocenters. The summed E-state index contributed by atoms with van der Waals surface area (Å²) < 4.78 is 26.6. The van der Waals surface area contributed by atoms with E-state index in [1.165, 1.54) is 0 Å². The van der Waals surface area contributed by atoms with Crippen LogP contribution in [0.3, 0.4) is 0 Å². The Morgan fingerprint density at radius 1 is 0.769 bits per heavy atom. The standard InChI is InChI=1S/C10H21NO2.C9H19NO2.Sn/c1-6-11(7-9(2,3)12)8-10(4,5)13;1-5-10(6-8(2)11)7-9(3,4)12;/h6-8H2,1-5H3;8H,5-7H2,1-4H3;/q2*-2;+4. The SMILES string of the molecule is CCN1CC(C)[O][Sn]2([O]C(C)(C)C1)[O]C(C)(C)CN(CC)CC(C)(C)[O]2. The minimum atomic E-state index is -4.28. The van der Waals surface area contributed by atoms with E-state index < -0.39 is 20.0 Å². The van der Waals surface area contributed by atoms with Crippen LogP contribution < -0.4 is 0 Å². The summed E-state index contributed by atoms with van der Waals surface area (Å²) in [5.41, 5.74) is -1.12. The molecule has 2 aliphatic heterocycles. The fourth-order valence-electron chi connectivity index (χ4n) is 4.09. The molecule has 0 N–H and O–H groups in total. The molecule has 0 radical (unpaired) electrons. The Morgan fingerprint density at radius 3 is 1.54 bits per heavy atom. The predicted octanol–water partition coefficient (Wildman–Crippen LogP) is 2.88. The Morgan fingerprint density at radius 2 is 1.15 bits per heavy atom. The van der Waals surface area contributed by atoms with Gasteiger partial charge in [-0.2, -0.15) is 0 Å². The van der Waals surface area contributed by atoms with Gasteiger partial charge in [0.05, 0.1) is 0 Å². The third-order valence-corrected chi connectivity index (χ3v) is 13.6. The molecule has 0 aromatic rings. The van der Waals surface area contributed by atoms with Crippen molar-refractivity contribution in [3.8, 4) is 0 Å².